The summed E-state index contributed by atoms with van der Waals surface area (Å²) in [5, 5.41) is 0. The van der Waals surface area contributed by atoms with Crippen molar-refractivity contribution >= 4 is 11.6 Å². The monoisotopic (exact) mass is 345 g/mol. The average molecular weight is 345 g/mol. The molecule has 138 valence electrons. The van der Waals surface area contributed by atoms with Crippen molar-refractivity contribution in [3.05, 3.63) is 64.7 Å². The Kier molecular flexibility index (Phi) is 10.9. The molecule has 10 N–H and O–H groups in total. The van der Waals surface area contributed by atoms with Gasteiger partial charge in [-0.05, 0) is 74.9 Å². The second-order valence-electron chi connectivity index (χ2n) is 5.04. The standard InChI is InChI=1S/C16H16N2O.3CH5N/c17-13-6-8-15-12(9-13)5-7-14(15)10-1-3-11(4-2-10)16(18)19;3*1-2/h1-4,6,8-9,14H,5,7,17H2,(H2,18,19);3*2H2,1H3. The minimum atomic E-state index is -0.383. The zero-order valence-electron chi connectivity index (χ0n) is 15.3. The van der Waals surface area contributed by atoms with Gasteiger partial charge < -0.3 is 28.7 Å². The fraction of sp³-hybridized carbons (Fsp3) is 0.316. The quantitative estimate of drug-likeness (QED) is 0.518. The molecule has 25 heavy (non-hydrogen) atoms. The van der Waals surface area contributed by atoms with E-state index in [-0.39, 0.29) is 5.91 Å². The second kappa shape index (κ2) is 12.0. The number of fused-ring (bicyclic) bond motifs is 1. The number of nitrogen functional groups attached to an aromatic ring is 1. The average Bonchev–Trinajstić information content (AvgIpc) is 3.09. The van der Waals surface area contributed by atoms with Crippen LogP contribution in [0.4, 0.5) is 5.69 Å². The van der Waals surface area contributed by atoms with Crippen molar-refractivity contribution in [2.24, 2.45) is 22.9 Å². The number of hydrogen-bond donors (Lipinski definition) is 5. The van der Waals surface area contributed by atoms with Gasteiger partial charge in [-0.15, -0.1) is 0 Å². The molecule has 0 saturated carbocycles. The molecule has 6 nitrogen and oxygen atoms in total. The van der Waals surface area contributed by atoms with Crippen LogP contribution in [0.5, 0.6) is 0 Å². The summed E-state index contributed by atoms with van der Waals surface area (Å²) in [6.07, 6.45) is 2.15. The van der Waals surface area contributed by atoms with Gasteiger partial charge in [-0.25, -0.2) is 0 Å². The number of amides is 1. The first-order valence-corrected chi connectivity index (χ1v) is 8.16. The number of carbonyl (C=O) groups is 1. The van der Waals surface area contributed by atoms with E-state index in [1.165, 1.54) is 37.8 Å². The van der Waals surface area contributed by atoms with Gasteiger partial charge in [0.15, 0.2) is 0 Å². The van der Waals surface area contributed by atoms with Gasteiger partial charge in [0.1, 0.15) is 0 Å². The SMILES string of the molecule is CN.CN.CN.NC(=O)c1ccc(C2CCc3cc(N)ccc32)cc1. The Morgan fingerprint density at radius 2 is 1.48 bits per heavy atom. The number of primary amides is 1. The van der Waals surface area contributed by atoms with E-state index in [0.29, 0.717) is 11.5 Å². The number of nitrogens with two attached hydrogens (primary N) is 5. The molecule has 0 saturated heterocycles. The zero-order chi connectivity index (χ0) is 19.4. The minimum Gasteiger partial charge on any atom is -0.399 e. The van der Waals surface area contributed by atoms with Gasteiger partial charge in [-0.3, -0.25) is 4.79 Å². The first-order chi connectivity index (χ1) is 12.1. The van der Waals surface area contributed by atoms with Gasteiger partial charge >= 0.3 is 0 Å². The summed E-state index contributed by atoms with van der Waals surface area (Å²) in [7, 11) is 4.50. The van der Waals surface area contributed by atoms with Gasteiger partial charge in [-0.2, -0.15) is 0 Å². The molecule has 0 bridgehead atoms. The first-order valence-electron chi connectivity index (χ1n) is 8.16. The smallest absolute Gasteiger partial charge is 0.248 e. The van der Waals surface area contributed by atoms with Crippen molar-refractivity contribution in [3.63, 3.8) is 0 Å². The third-order valence-corrected chi connectivity index (χ3v) is 3.84. The van der Waals surface area contributed by atoms with E-state index in [4.69, 9.17) is 11.5 Å². The summed E-state index contributed by atoms with van der Waals surface area (Å²) < 4.78 is 0. The second-order valence-corrected chi connectivity index (χ2v) is 5.04. The van der Waals surface area contributed by atoms with E-state index in [1.807, 2.05) is 18.2 Å². The number of hydrogen-bond acceptors (Lipinski definition) is 5. The number of carbonyl (C=O) groups excluding carboxylic acids is 1. The minimum absolute atomic E-state index is 0.383. The predicted molar refractivity (Wildman–Crippen MR) is 106 cm³/mol. The van der Waals surface area contributed by atoms with Crippen molar-refractivity contribution in [1.82, 2.24) is 0 Å². The summed E-state index contributed by atoms with van der Waals surface area (Å²) in [4.78, 5) is 11.1. The number of aryl methyl sites for hydroxylation is 1. The Morgan fingerprint density at radius 3 is 2.00 bits per heavy atom. The zero-order valence-corrected chi connectivity index (χ0v) is 15.3. The van der Waals surface area contributed by atoms with Crippen LogP contribution in [0.25, 0.3) is 0 Å². The Morgan fingerprint density at radius 1 is 0.920 bits per heavy atom. The maximum absolute atomic E-state index is 11.1. The van der Waals surface area contributed by atoms with E-state index >= 15 is 0 Å². The van der Waals surface area contributed by atoms with Crippen molar-refractivity contribution in [3.8, 4) is 0 Å². The topological polar surface area (TPSA) is 147 Å². The van der Waals surface area contributed by atoms with Gasteiger partial charge in [0.25, 0.3) is 0 Å². The van der Waals surface area contributed by atoms with Crippen molar-refractivity contribution < 1.29 is 4.79 Å². The van der Waals surface area contributed by atoms with E-state index in [2.05, 4.69) is 29.3 Å². The molecular formula is C19H31N5O. The molecule has 0 spiro atoms. The van der Waals surface area contributed by atoms with Crippen LogP contribution in [-0.2, 0) is 6.42 Å². The highest BCUT2D eigenvalue weighted by molar-refractivity contribution is 5.92. The molecule has 1 amide bonds. The van der Waals surface area contributed by atoms with Crippen LogP contribution < -0.4 is 28.7 Å². The summed E-state index contributed by atoms with van der Waals surface area (Å²) >= 11 is 0. The molecule has 0 aliphatic heterocycles. The van der Waals surface area contributed by atoms with Gasteiger partial charge in [0.2, 0.25) is 5.91 Å². The third-order valence-electron chi connectivity index (χ3n) is 3.84. The molecule has 2 aromatic rings. The summed E-state index contributed by atoms with van der Waals surface area (Å²) in [6.45, 7) is 0. The van der Waals surface area contributed by atoms with Crippen LogP contribution in [0.1, 0.15) is 39.4 Å². The Balaban J connectivity index is 0.000000871. The van der Waals surface area contributed by atoms with Crippen LogP contribution in [0.15, 0.2) is 42.5 Å². The van der Waals surface area contributed by atoms with Crippen LogP contribution in [0, 0.1) is 0 Å². The normalized spacial score (nSPS) is 13.8. The molecule has 1 atom stereocenters. The number of rotatable bonds is 2. The fourth-order valence-electron chi connectivity index (χ4n) is 2.86. The lowest BCUT2D eigenvalue weighted by Crippen LogP contribution is -2.10. The van der Waals surface area contributed by atoms with Crippen molar-refractivity contribution in [1.29, 1.82) is 0 Å². The Labute approximate surface area is 150 Å². The molecule has 0 heterocycles. The van der Waals surface area contributed by atoms with E-state index in [9.17, 15) is 4.79 Å². The third kappa shape index (κ3) is 5.86. The van der Waals surface area contributed by atoms with Gasteiger partial charge in [-0.1, -0.05) is 18.2 Å². The highest BCUT2D eigenvalue weighted by Crippen LogP contribution is 2.38. The molecule has 1 aliphatic carbocycles. The lowest BCUT2D eigenvalue weighted by Gasteiger charge is -2.12. The maximum Gasteiger partial charge on any atom is 0.248 e. The highest BCUT2D eigenvalue weighted by atomic mass is 16.1. The maximum atomic E-state index is 11.1. The molecule has 0 fully saturated rings. The number of anilines is 1. The molecular weight excluding hydrogens is 314 g/mol. The van der Waals surface area contributed by atoms with Gasteiger partial charge in [0.05, 0.1) is 0 Å². The van der Waals surface area contributed by atoms with Crippen LogP contribution in [-0.4, -0.2) is 27.1 Å². The molecule has 3 rings (SSSR count). The Bertz CT molecular complexity index is 641. The van der Waals surface area contributed by atoms with Crippen molar-refractivity contribution in [2.75, 3.05) is 26.9 Å². The van der Waals surface area contributed by atoms with E-state index in [1.54, 1.807) is 12.1 Å². The van der Waals surface area contributed by atoms with Crippen molar-refractivity contribution in [2.45, 2.75) is 18.8 Å². The molecule has 1 aliphatic rings. The lowest BCUT2D eigenvalue weighted by molar-refractivity contribution is 0.100. The fourth-order valence-corrected chi connectivity index (χ4v) is 2.86. The Hall–Kier alpha value is -2.41. The summed E-state index contributed by atoms with van der Waals surface area (Å²) in [5.41, 5.74) is 29.9. The summed E-state index contributed by atoms with van der Waals surface area (Å²) in [5.74, 6) is 0.0173. The molecule has 0 radical (unpaired) electrons. The lowest BCUT2D eigenvalue weighted by atomic mass is 9.92. The number of benzene rings is 2. The molecule has 0 aromatic heterocycles. The molecule has 1 unspecified atom stereocenters. The van der Waals surface area contributed by atoms with Crippen LogP contribution >= 0.6 is 0 Å². The van der Waals surface area contributed by atoms with Crippen LogP contribution in [0.3, 0.4) is 0 Å². The van der Waals surface area contributed by atoms with Crippen LogP contribution in [0.2, 0.25) is 0 Å². The molecule has 6 heteroatoms. The largest absolute Gasteiger partial charge is 0.399 e. The van der Waals surface area contributed by atoms with E-state index in [0.717, 1.165) is 18.5 Å². The highest BCUT2D eigenvalue weighted by Gasteiger charge is 2.23. The van der Waals surface area contributed by atoms with E-state index < -0.39 is 0 Å². The summed E-state index contributed by atoms with van der Waals surface area (Å²) in [6, 6.07) is 13.7. The van der Waals surface area contributed by atoms with Gasteiger partial charge in [0, 0.05) is 17.2 Å². The molecule has 2 aromatic carbocycles. The predicted octanol–water partition coefficient (Wildman–Crippen LogP) is 1.17. The first kappa shape index (κ1) is 22.6.